The van der Waals surface area contributed by atoms with Crippen LogP contribution in [-0.2, 0) is 20.0 Å². The molecule has 3 rings (SSSR count). The van der Waals surface area contributed by atoms with E-state index in [0.717, 1.165) is 37.8 Å². The Kier molecular flexibility index (Phi) is 6.45. The minimum atomic E-state index is -4.14. The Morgan fingerprint density at radius 3 is 2.24 bits per heavy atom. The number of hydrogen-bond donors (Lipinski definition) is 1. The highest BCUT2D eigenvalue weighted by Crippen LogP contribution is 2.31. The van der Waals surface area contributed by atoms with Crippen molar-refractivity contribution in [1.82, 2.24) is 4.31 Å². The van der Waals surface area contributed by atoms with E-state index in [1.165, 1.54) is 41.7 Å². The molecule has 0 aromatic heterocycles. The van der Waals surface area contributed by atoms with E-state index in [2.05, 4.69) is 4.72 Å². The SMILES string of the molecule is COc1ccc(S(=O)(=O)N2CCCCCC2)cc1NS(=O)(=O)c1cccc(F)c1. The zero-order valence-electron chi connectivity index (χ0n) is 16.0. The molecule has 7 nitrogen and oxygen atoms in total. The van der Waals surface area contributed by atoms with Crippen LogP contribution >= 0.6 is 0 Å². The Balaban J connectivity index is 1.97. The van der Waals surface area contributed by atoms with Gasteiger partial charge in [0.15, 0.2) is 0 Å². The molecule has 0 amide bonds. The quantitative estimate of drug-likeness (QED) is 0.742. The Morgan fingerprint density at radius 1 is 0.931 bits per heavy atom. The first-order valence-electron chi connectivity index (χ1n) is 9.20. The minimum absolute atomic E-state index is 0.0304. The molecule has 158 valence electrons. The van der Waals surface area contributed by atoms with Crippen LogP contribution in [0.15, 0.2) is 52.3 Å². The molecule has 0 atom stereocenters. The van der Waals surface area contributed by atoms with Gasteiger partial charge in [0.25, 0.3) is 10.0 Å². The van der Waals surface area contributed by atoms with Crippen molar-refractivity contribution in [3.63, 3.8) is 0 Å². The van der Waals surface area contributed by atoms with Crippen LogP contribution in [0.3, 0.4) is 0 Å². The zero-order valence-corrected chi connectivity index (χ0v) is 17.6. The third-order valence-electron chi connectivity index (χ3n) is 4.72. The second kappa shape index (κ2) is 8.68. The van der Waals surface area contributed by atoms with Crippen molar-refractivity contribution in [2.45, 2.75) is 35.5 Å². The molecule has 1 saturated heterocycles. The number of benzene rings is 2. The molecule has 2 aromatic rings. The van der Waals surface area contributed by atoms with Gasteiger partial charge in [0.05, 0.1) is 22.6 Å². The second-order valence-electron chi connectivity index (χ2n) is 6.74. The molecule has 0 saturated carbocycles. The van der Waals surface area contributed by atoms with Gasteiger partial charge in [0, 0.05) is 13.1 Å². The average Bonchev–Trinajstić information content (AvgIpc) is 2.98. The van der Waals surface area contributed by atoms with E-state index in [4.69, 9.17) is 4.74 Å². The molecule has 0 bridgehead atoms. The van der Waals surface area contributed by atoms with Crippen LogP contribution in [0.5, 0.6) is 5.75 Å². The monoisotopic (exact) mass is 442 g/mol. The van der Waals surface area contributed by atoms with E-state index >= 15 is 0 Å². The summed E-state index contributed by atoms with van der Waals surface area (Å²) in [6.45, 7) is 0.859. The Bertz CT molecular complexity index is 1080. The molecule has 1 N–H and O–H groups in total. The van der Waals surface area contributed by atoms with Gasteiger partial charge in [-0.05, 0) is 49.2 Å². The van der Waals surface area contributed by atoms with Crippen LogP contribution < -0.4 is 9.46 Å². The summed E-state index contributed by atoms with van der Waals surface area (Å²) in [7, 11) is -6.57. The van der Waals surface area contributed by atoms with Crippen molar-refractivity contribution < 1.29 is 26.0 Å². The zero-order chi connectivity index (χ0) is 21.1. The van der Waals surface area contributed by atoms with Gasteiger partial charge in [-0.2, -0.15) is 4.31 Å². The number of nitrogens with zero attached hydrogens (tertiary/aromatic N) is 1. The van der Waals surface area contributed by atoms with Crippen molar-refractivity contribution in [3.8, 4) is 5.75 Å². The van der Waals surface area contributed by atoms with E-state index < -0.39 is 25.9 Å². The number of halogens is 1. The topological polar surface area (TPSA) is 92.8 Å². The number of anilines is 1. The van der Waals surface area contributed by atoms with Gasteiger partial charge in [0.2, 0.25) is 10.0 Å². The number of sulfonamides is 2. The third-order valence-corrected chi connectivity index (χ3v) is 7.98. The van der Waals surface area contributed by atoms with Crippen LogP contribution in [-0.4, -0.2) is 41.3 Å². The number of nitrogens with one attached hydrogen (secondary N) is 1. The summed E-state index contributed by atoms with van der Waals surface area (Å²) in [4.78, 5) is -0.308. The van der Waals surface area contributed by atoms with Gasteiger partial charge in [-0.15, -0.1) is 0 Å². The fraction of sp³-hybridized carbons (Fsp3) is 0.368. The van der Waals surface area contributed by atoms with Crippen molar-refractivity contribution in [1.29, 1.82) is 0 Å². The second-order valence-corrected chi connectivity index (χ2v) is 10.4. The summed E-state index contributed by atoms with van der Waals surface area (Å²) in [5, 5.41) is 0. The fourth-order valence-electron chi connectivity index (χ4n) is 3.20. The summed E-state index contributed by atoms with van der Waals surface area (Å²) in [6, 6.07) is 8.56. The smallest absolute Gasteiger partial charge is 0.262 e. The first kappa shape index (κ1) is 21.5. The van der Waals surface area contributed by atoms with E-state index in [-0.39, 0.29) is 21.2 Å². The molecule has 1 heterocycles. The Hall–Kier alpha value is -2.17. The molecule has 0 unspecified atom stereocenters. The largest absolute Gasteiger partial charge is 0.495 e. The highest BCUT2D eigenvalue weighted by atomic mass is 32.2. The lowest BCUT2D eigenvalue weighted by atomic mass is 10.2. The summed E-state index contributed by atoms with van der Waals surface area (Å²) in [5.74, 6) is -0.544. The molecule has 10 heteroatoms. The number of hydrogen-bond acceptors (Lipinski definition) is 5. The predicted molar refractivity (Wildman–Crippen MR) is 107 cm³/mol. The molecule has 0 spiro atoms. The maximum Gasteiger partial charge on any atom is 0.262 e. The molecule has 1 aliphatic heterocycles. The van der Waals surface area contributed by atoms with E-state index in [1.54, 1.807) is 0 Å². The van der Waals surface area contributed by atoms with Crippen LogP contribution in [0.2, 0.25) is 0 Å². The Morgan fingerprint density at radius 2 is 1.62 bits per heavy atom. The van der Waals surface area contributed by atoms with Gasteiger partial charge in [-0.3, -0.25) is 4.72 Å². The number of rotatable bonds is 6. The lowest BCUT2D eigenvalue weighted by Gasteiger charge is -2.21. The molecule has 0 aliphatic carbocycles. The lowest BCUT2D eigenvalue weighted by molar-refractivity contribution is 0.415. The summed E-state index contributed by atoms with van der Waals surface area (Å²) < 4.78 is 73.7. The molecule has 0 radical (unpaired) electrons. The van der Waals surface area contributed by atoms with Crippen LogP contribution in [0.4, 0.5) is 10.1 Å². The van der Waals surface area contributed by atoms with Gasteiger partial charge in [0.1, 0.15) is 11.6 Å². The van der Waals surface area contributed by atoms with Crippen LogP contribution in [0.25, 0.3) is 0 Å². The molecule has 29 heavy (non-hydrogen) atoms. The number of ether oxygens (including phenoxy) is 1. The van der Waals surface area contributed by atoms with Gasteiger partial charge < -0.3 is 4.74 Å². The van der Waals surface area contributed by atoms with E-state index in [9.17, 15) is 21.2 Å². The van der Waals surface area contributed by atoms with Gasteiger partial charge in [-0.1, -0.05) is 18.9 Å². The van der Waals surface area contributed by atoms with Gasteiger partial charge in [-0.25, -0.2) is 21.2 Å². The maximum atomic E-state index is 13.4. The molecular weight excluding hydrogens is 419 g/mol. The molecular formula is C19H23FN2O5S2. The molecule has 2 aromatic carbocycles. The fourth-order valence-corrected chi connectivity index (χ4v) is 5.83. The maximum absolute atomic E-state index is 13.4. The minimum Gasteiger partial charge on any atom is -0.495 e. The van der Waals surface area contributed by atoms with E-state index in [1.807, 2.05) is 0 Å². The lowest BCUT2D eigenvalue weighted by Crippen LogP contribution is -2.32. The van der Waals surface area contributed by atoms with Crippen LogP contribution in [0.1, 0.15) is 25.7 Å². The molecule has 1 aliphatic rings. The highest BCUT2D eigenvalue weighted by molar-refractivity contribution is 7.92. The Labute approximate surface area is 170 Å². The van der Waals surface area contributed by atoms with Crippen LogP contribution in [0, 0.1) is 5.82 Å². The average molecular weight is 443 g/mol. The predicted octanol–water partition coefficient (Wildman–Crippen LogP) is 3.20. The van der Waals surface area contributed by atoms with Crippen molar-refractivity contribution in [2.24, 2.45) is 0 Å². The van der Waals surface area contributed by atoms with Crippen molar-refractivity contribution in [2.75, 3.05) is 24.9 Å². The first-order valence-corrected chi connectivity index (χ1v) is 12.1. The van der Waals surface area contributed by atoms with Crippen molar-refractivity contribution in [3.05, 3.63) is 48.3 Å². The normalized spacial score (nSPS) is 16.2. The summed E-state index contributed by atoms with van der Waals surface area (Å²) >= 11 is 0. The highest BCUT2D eigenvalue weighted by Gasteiger charge is 2.27. The summed E-state index contributed by atoms with van der Waals surface area (Å²) in [6.07, 6.45) is 3.53. The standard InChI is InChI=1S/C19H23FN2O5S2/c1-27-19-10-9-17(29(25,26)22-11-4-2-3-5-12-22)14-18(19)21-28(23,24)16-8-6-7-15(20)13-16/h6-10,13-14,21H,2-5,11-12H2,1H3. The molecule has 1 fully saturated rings. The summed E-state index contributed by atoms with van der Waals surface area (Å²) in [5.41, 5.74) is -0.0346. The van der Waals surface area contributed by atoms with Crippen molar-refractivity contribution >= 4 is 25.7 Å². The van der Waals surface area contributed by atoms with Gasteiger partial charge >= 0.3 is 0 Å². The number of methoxy groups -OCH3 is 1. The third kappa shape index (κ3) is 4.88. The van der Waals surface area contributed by atoms with E-state index in [0.29, 0.717) is 13.1 Å². The first-order chi connectivity index (χ1) is 13.7.